The van der Waals surface area contributed by atoms with Gasteiger partial charge in [-0.05, 0) is 31.6 Å². The molecule has 0 bridgehead atoms. The summed E-state index contributed by atoms with van der Waals surface area (Å²) in [6, 6.07) is 0. The highest BCUT2D eigenvalue weighted by Gasteiger charge is 2.33. The van der Waals surface area contributed by atoms with E-state index in [1.165, 1.54) is 7.11 Å². The topological polar surface area (TPSA) is 60.4 Å². The number of hydrogen-bond acceptors (Lipinski definition) is 4. The first kappa shape index (κ1) is 14.3. The van der Waals surface area contributed by atoms with Crippen molar-refractivity contribution in [2.75, 3.05) is 7.11 Å². The Kier molecular flexibility index (Phi) is 4.77. The summed E-state index contributed by atoms with van der Waals surface area (Å²) in [4.78, 5) is 11.7. The molecule has 0 fully saturated rings. The van der Waals surface area contributed by atoms with Crippen LogP contribution in [0.25, 0.3) is 0 Å². The second-order valence-corrected chi connectivity index (χ2v) is 6.47. The molecule has 0 aromatic rings. The highest BCUT2D eigenvalue weighted by atomic mass is 35.7. The van der Waals surface area contributed by atoms with Crippen molar-refractivity contribution >= 4 is 25.7 Å². The van der Waals surface area contributed by atoms with Crippen LogP contribution in [0, 0.1) is 5.92 Å². The van der Waals surface area contributed by atoms with Gasteiger partial charge >= 0.3 is 5.97 Å². The van der Waals surface area contributed by atoms with Gasteiger partial charge in [-0.1, -0.05) is 6.08 Å². The lowest BCUT2D eigenvalue weighted by molar-refractivity contribution is -0.136. The molecule has 0 N–H and O–H groups in total. The lowest BCUT2D eigenvalue weighted by Gasteiger charge is -2.24. The minimum atomic E-state index is -3.86. The molecular weight excluding hydrogens is 264 g/mol. The molecule has 0 spiro atoms. The van der Waals surface area contributed by atoms with Gasteiger partial charge in [0.05, 0.1) is 17.6 Å². The van der Waals surface area contributed by atoms with Crippen LogP contribution in [0.5, 0.6) is 0 Å². The Bertz CT molecular complexity index is 450. The summed E-state index contributed by atoms with van der Waals surface area (Å²) in [5, 5.41) is 0. The molecule has 1 atom stereocenters. The van der Waals surface area contributed by atoms with Gasteiger partial charge in [-0.25, -0.2) is 13.2 Å². The average molecular weight is 279 g/mol. The van der Waals surface area contributed by atoms with Crippen LogP contribution >= 0.6 is 10.7 Å². The molecule has 0 aromatic heterocycles. The van der Waals surface area contributed by atoms with Crippen molar-refractivity contribution in [3.63, 3.8) is 0 Å². The maximum Gasteiger partial charge on any atom is 0.335 e. The Morgan fingerprint density at radius 2 is 2.29 bits per heavy atom. The molecule has 0 saturated heterocycles. The number of halogens is 1. The quantitative estimate of drug-likeness (QED) is 0.450. The molecule has 6 heteroatoms. The highest BCUT2D eigenvalue weighted by molar-refractivity contribution is 8.16. The molecule has 1 aliphatic carbocycles. The van der Waals surface area contributed by atoms with E-state index in [4.69, 9.17) is 10.7 Å². The van der Waals surface area contributed by atoms with Crippen LogP contribution in [0.1, 0.15) is 25.7 Å². The second kappa shape index (κ2) is 5.69. The van der Waals surface area contributed by atoms with Crippen molar-refractivity contribution in [3.05, 3.63) is 23.1 Å². The van der Waals surface area contributed by atoms with Crippen LogP contribution in [-0.4, -0.2) is 21.5 Å². The zero-order chi connectivity index (χ0) is 13.1. The van der Waals surface area contributed by atoms with E-state index in [9.17, 15) is 13.2 Å². The third-order valence-electron chi connectivity index (χ3n) is 2.82. The fourth-order valence-corrected chi connectivity index (χ4v) is 3.48. The third-order valence-corrected chi connectivity index (χ3v) is 4.39. The van der Waals surface area contributed by atoms with Gasteiger partial charge in [0.2, 0.25) is 0 Å². The zero-order valence-electron chi connectivity index (χ0n) is 9.61. The molecule has 0 aromatic carbocycles. The van der Waals surface area contributed by atoms with Gasteiger partial charge < -0.3 is 4.74 Å². The highest BCUT2D eigenvalue weighted by Crippen LogP contribution is 2.37. The van der Waals surface area contributed by atoms with Gasteiger partial charge in [0, 0.05) is 10.7 Å². The first-order valence-electron chi connectivity index (χ1n) is 5.28. The maximum atomic E-state index is 11.7. The van der Waals surface area contributed by atoms with Crippen LogP contribution in [-0.2, 0) is 18.6 Å². The zero-order valence-corrected chi connectivity index (χ0v) is 11.2. The Morgan fingerprint density at radius 3 is 2.76 bits per heavy atom. The van der Waals surface area contributed by atoms with Crippen molar-refractivity contribution in [3.8, 4) is 0 Å². The Morgan fingerprint density at radius 1 is 1.65 bits per heavy atom. The fraction of sp³-hybridized carbons (Fsp3) is 0.545. The number of hydrogen-bond donors (Lipinski definition) is 0. The molecule has 0 aliphatic heterocycles. The summed E-state index contributed by atoms with van der Waals surface area (Å²) in [5.41, 5.74) is 0.189. The Labute approximate surface area is 106 Å². The number of esters is 1. The number of carbonyl (C=O) groups excluding carboxylic acids is 1. The monoisotopic (exact) mass is 278 g/mol. The molecule has 0 radical (unpaired) electrons. The van der Waals surface area contributed by atoms with E-state index < -0.39 is 15.0 Å². The smallest absolute Gasteiger partial charge is 0.335 e. The lowest BCUT2D eigenvalue weighted by atomic mass is 9.85. The molecule has 96 valence electrons. The van der Waals surface area contributed by atoms with Crippen LogP contribution in [0.4, 0.5) is 0 Å². The minimum absolute atomic E-state index is 0.00381. The number of ether oxygens (including phenoxy) is 1. The van der Waals surface area contributed by atoms with E-state index >= 15 is 0 Å². The number of methoxy groups -OCH3 is 1. The fourth-order valence-electron chi connectivity index (χ4n) is 2.10. The van der Waals surface area contributed by atoms with Crippen LogP contribution in [0.15, 0.2) is 23.1 Å². The molecule has 0 saturated carbocycles. The SMILES string of the molecule is C=CCC1CCCC(S(=O)(=O)Cl)=C1C(=O)OC. The Balaban J connectivity index is 3.30. The molecular formula is C11H15ClO4S. The summed E-state index contributed by atoms with van der Waals surface area (Å²) in [7, 11) is 2.72. The van der Waals surface area contributed by atoms with Crippen molar-refractivity contribution in [1.82, 2.24) is 0 Å². The van der Waals surface area contributed by atoms with E-state index in [1.807, 2.05) is 0 Å². The van der Waals surface area contributed by atoms with Crippen LogP contribution in [0.2, 0.25) is 0 Å². The van der Waals surface area contributed by atoms with Crippen molar-refractivity contribution in [1.29, 1.82) is 0 Å². The third kappa shape index (κ3) is 3.33. The van der Waals surface area contributed by atoms with Gasteiger partial charge in [-0.15, -0.1) is 6.58 Å². The molecule has 1 unspecified atom stereocenters. The van der Waals surface area contributed by atoms with Gasteiger partial charge in [0.1, 0.15) is 0 Å². The first-order valence-corrected chi connectivity index (χ1v) is 7.59. The van der Waals surface area contributed by atoms with Crippen LogP contribution < -0.4 is 0 Å². The summed E-state index contributed by atoms with van der Waals surface area (Å²) in [6.45, 7) is 3.60. The largest absolute Gasteiger partial charge is 0.466 e. The Hall–Kier alpha value is -0.810. The van der Waals surface area contributed by atoms with Gasteiger partial charge in [0.25, 0.3) is 9.05 Å². The predicted octanol–water partition coefficient (Wildman–Crippen LogP) is 2.36. The van der Waals surface area contributed by atoms with E-state index in [-0.39, 0.29) is 16.4 Å². The number of rotatable bonds is 4. The van der Waals surface area contributed by atoms with E-state index in [1.54, 1.807) is 6.08 Å². The maximum absolute atomic E-state index is 11.7. The average Bonchev–Trinajstić information content (AvgIpc) is 2.27. The number of carbonyl (C=O) groups is 1. The van der Waals surface area contributed by atoms with Crippen molar-refractivity contribution in [2.24, 2.45) is 5.92 Å². The predicted molar refractivity (Wildman–Crippen MR) is 66.0 cm³/mol. The molecule has 0 amide bonds. The van der Waals surface area contributed by atoms with Crippen molar-refractivity contribution < 1.29 is 17.9 Å². The van der Waals surface area contributed by atoms with Gasteiger partial charge in [-0.3, -0.25) is 0 Å². The summed E-state index contributed by atoms with van der Waals surface area (Å²) in [5.74, 6) is -0.784. The van der Waals surface area contributed by atoms with Gasteiger partial charge in [0.15, 0.2) is 0 Å². The van der Waals surface area contributed by atoms with E-state index in [0.717, 1.165) is 6.42 Å². The lowest BCUT2D eigenvalue weighted by Crippen LogP contribution is -2.22. The number of allylic oxidation sites excluding steroid dienone is 2. The van der Waals surface area contributed by atoms with E-state index in [2.05, 4.69) is 11.3 Å². The standard InChI is InChI=1S/C11H15ClO4S/c1-3-5-8-6-4-7-9(17(12,14)15)10(8)11(13)16-2/h3,8H,1,4-7H2,2H3. The molecule has 17 heavy (non-hydrogen) atoms. The summed E-state index contributed by atoms with van der Waals surface area (Å²) < 4.78 is 27.5. The molecule has 1 aliphatic rings. The summed E-state index contributed by atoms with van der Waals surface area (Å²) >= 11 is 0. The minimum Gasteiger partial charge on any atom is -0.466 e. The normalized spacial score (nSPS) is 21.2. The van der Waals surface area contributed by atoms with Crippen molar-refractivity contribution in [2.45, 2.75) is 25.7 Å². The molecule has 4 nitrogen and oxygen atoms in total. The van der Waals surface area contributed by atoms with E-state index in [0.29, 0.717) is 19.3 Å². The molecule has 0 heterocycles. The molecule has 1 rings (SSSR count). The second-order valence-electron chi connectivity index (χ2n) is 3.88. The van der Waals surface area contributed by atoms with Gasteiger partial charge in [-0.2, -0.15) is 0 Å². The first-order chi connectivity index (χ1) is 7.91. The van der Waals surface area contributed by atoms with Crippen LogP contribution in [0.3, 0.4) is 0 Å². The summed E-state index contributed by atoms with van der Waals surface area (Å²) in [6.07, 6.45) is 3.94.